The average Bonchev–Trinajstić information content (AvgIpc) is 3.28. The first-order valence-corrected chi connectivity index (χ1v) is 11.5. The SMILES string of the molecule is CCn1cc(C(=O)N2CCCc3cc(C4(C(=O)Nc5ccc(F)cc5)CCC4)ccc32)cn1. The van der Waals surface area contributed by atoms with Gasteiger partial charge in [-0.15, -0.1) is 0 Å². The lowest BCUT2D eigenvalue weighted by Gasteiger charge is -2.41. The van der Waals surface area contributed by atoms with Gasteiger partial charge in [-0.25, -0.2) is 4.39 Å². The number of aromatic nitrogens is 2. The fourth-order valence-electron chi connectivity index (χ4n) is 4.87. The molecule has 0 radical (unpaired) electrons. The second kappa shape index (κ2) is 8.46. The Bertz CT molecular complexity index is 1200. The lowest BCUT2D eigenvalue weighted by atomic mass is 9.63. The highest BCUT2D eigenvalue weighted by Crippen LogP contribution is 2.46. The number of anilines is 2. The second-order valence-corrected chi connectivity index (χ2v) is 8.89. The Balaban J connectivity index is 1.41. The molecule has 0 bridgehead atoms. The monoisotopic (exact) mass is 446 g/mol. The van der Waals surface area contributed by atoms with Gasteiger partial charge in [-0.1, -0.05) is 18.6 Å². The Morgan fingerprint density at radius 3 is 2.58 bits per heavy atom. The van der Waals surface area contributed by atoms with E-state index < -0.39 is 5.41 Å². The summed E-state index contributed by atoms with van der Waals surface area (Å²) in [5.41, 5.74) is 3.58. The van der Waals surface area contributed by atoms with E-state index >= 15 is 0 Å². The van der Waals surface area contributed by atoms with E-state index in [0.717, 1.165) is 55.5 Å². The fraction of sp³-hybridized carbons (Fsp3) is 0.346. The number of hydrogen-bond donors (Lipinski definition) is 1. The van der Waals surface area contributed by atoms with Crippen molar-refractivity contribution >= 4 is 23.2 Å². The van der Waals surface area contributed by atoms with Crippen LogP contribution in [0.3, 0.4) is 0 Å². The van der Waals surface area contributed by atoms with E-state index in [2.05, 4.69) is 16.5 Å². The van der Waals surface area contributed by atoms with Crippen LogP contribution in [0.5, 0.6) is 0 Å². The van der Waals surface area contributed by atoms with E-state index in [9.17, 15) is 14.0 Å². The zero-order valence-electron chi connectivity index (χ0n) is 18.7. The summed E-state index contributed by atoms with van der Waals surface area (Å²) in [7, 11) is 0. The molecule has 2 aromatic carbocycles. The Hall–Kier alpha value is -3.48. The third-order valence-electron chi connectivity index (χ3n) is 6.94. The van der Waals surface area contributed by atoms with Gasteiger partial charge >= 0.3 is 0 Å². The molecule has 6 nitrogen and oxygen atoms in total. The van der Waals surface area contributed by atoms with Crippen LogP contribution in [0.25, 0.3) is 0 Å². The van der Waals surface area contributed by atoms with Crippen molar-refractivity contribution in [2.45, 2.75) is 51.0 Å². The maximum absolute atomic E-state index is 13.3. The molecule has 2 aliphatic rings. The van der Waals surface area contributed by atoms with Crippen molar-refractivity contribution in [1.82, 2.24) is 9.78 Å². The van der Waals surface area contributed by atoms with Crippen molar-refractivity contribution < 1.29 is 14.0 Å². The summed E-state index contributed by atoms with van der Waals surface area (Å²) < 4.78 is 15.0. The highest BCUT2D eigenvalue weighted by atomic mass is 19.1. The van der Waals surface area contributed by atoms with Gasteiger partial charge in [0.25, 0.3) is 5.91 Å². The standard InChI is InChI=1S/C26H27FN4O2/c1-2-30-17-19(16-28-30)24(32)31-14-3-5-18-15-20(6-11-23(18)31)26(12-4-13-26)25(33)29-22-9-7-21(27)8-10-22/h6-11,15-17H,2-5,12-14H2,1H3,(H,29,33). The van der Waals surface area contributed by atoms with Crippen molar-refractivity contribution in [2.75, 3.05) is 16.8 Å². The summed E-state index contributed by atoms with van der Waals surface area (Å²) in [6, 6.07) is 11.9. The minimum absolute atomic E-state index is 0.0455. The van der Waals surface area contributed by atoms with Crippen LogP contribution >= 0.6 is 0 Å². The lowest BCUT2D eigenvalue weighted by Crippen LogP contribution is -2.46. The summed E-state index contributed by atoms with van der Waals surface area (Å²) in [6.45, 7) is 3.37. The molecule has 1 aliphatic heterocycles. The zero-order chi connectivity index (χ0) is 23.0. The third-order valence-corrected chi connectivity index (χ3v) is 6.94. The van der Waals surface area contributed by atoms with Crippen molar-refractivity contribution in [2.24, 2.45) is 0 Å². The first-order chi connectivity index (χ1) is 16.0. The molecule has 0 unspecified atom stereocenters. The van der Waals surface area contributed by atoms with Crippen molar-refractivity contribution in [3.8, 4) is 0 Å². The van der Waals surface area contributed by atoms with E-state index in [-0.39, 0.29) is 17.6 Å². The molecule has 1 N–H and O–H groups in total. The van der Waals surface area contributed by atoms with Gasteiger partial charge in [0.2, 0.25) is 5.91 Å². The number of carbonyl (C=O) groups is 2. The number of amides is 2. The normalized spacial score (nSPS) is 16.6. The Morgan fingerprint density at radius 2 is 1.91 bits per heavy atom. The summed E-state index contributed by atoms with van der Waals surface area (Å²) in [5.74, 6) is -0.436. The number of aryl methyl sites for hydroxylation is 2. The number of hydrogen-bond acceptors (Lipinski definition) is 3. The van der Waals surface area contributed by atoms with Crippen LogP contribution in [0.4, 0.5) is 15.8 Å². The number of fused-ring (bicyclic) bond motifs is 1. The van der Waals surface area contributed by atoms with Gasteiger partial charge in [0.05, 0.1) is 17.2 Å². The van der Waals surface area contributed by atoms with Gasteiger partial charge in [-0.05, 0) is 74.1 Å². The molecule has 7 heteroatoms. The predicted molar refractivity (Wildman–Crippen MR) is 125 cm³/mol. The van der Waals surface area contributed by atoms with E-state index in [0.29, 0.717) is 17.8 Å². The quantitative estimate of drug-likeness (QED) is 0.618. The minimum atomic E-state index is -0.585. The molecular formula is C26H27FN4O2. The number of nitrogens with one attached hydrogen (secondary N) is 1. The van der Waals surface area contributed by atoms with Crippen LogP contribution < -0.4 is 10.2 Å². The van der Waals surface area contributed by atoms with E-state index in [1.54, 1.807) is 29.2 Å². The third kappa shape index (κ3) is 3.81. The number of benzene rings is 2. The molecule has 1 aromatic heterocycles. The Labute approximate surface area is 192 Å². The van der Waals surface area contributed by atoms with Gasteiger partial charge < -0.3 is 10.2 Å². The molecule has 0 atom stereocenters. The van der Waals surface area contributed by atoms with Crippen LogP contribution in [0.15, 0.2) is 54.9 Å². The summed E-state index contributed by atoms with van der Waals surface area (Å²) >= 11 is 0. The molecule has 1 saturated carbocycles. The molecule has 0 spiro atoms. The number of nitrogens with zero attached hydrogens (tertiary/aromatic N) is 3. The zero-order valence-corrected chi connectivity index (χ0v) is 18.7. The average molecular weight is 447 g/mol. The summed E-state index contributed by atoms with van der Waals surface area (Å²) in [6.07, 6.45) is 7.69. The molecule has 0 saturated heterocycles. The van der Waals surface area contributed by atoms with Crippen LogP contribution in [0.2, 0.25) is 0 Å². The van der Waals surface area contributed by atoms with Crippen molar-refractivity contribution in [3.63, 3.8) is 0 Å². The number of rotatable bonds is 5. The Morgan fingerprint density at radius 1 is 1.12 bits per heavy atom. The molecule has 170 valence electrons. The van der Waals surface area contributed by atoms with Gasteiger partial charge in [0.15, 0.2) is 0 Å². The van der Waals surface area contributed by atoms with Gasteiger partial charge in [0.1, 0.15) is 5.82 Å². The highest BCUT2D eigenvalue weighted by molar-refractivity contribution is 6.06. The van der Waals surface area contributed by atoms with Gasteiger partial charge in [-0.3, -0.25) is 14.3 Å². The van der Waals surface area contributed by atoms with Crippen LogP contribution in [-0.2, 0) is 23.2 Å². The lowest BCUT2D eigenvalue weighted by molar-refractivity contribution is -0.124. The van der Waals surface area contributed by atoms with Gasteiger partial charge in [-0.2, -0.15) is 5.10 Å². The molecule has 2 amide bonds. The molecule has 1 fully saturated rings. The molecule has 33 heavy (non-hydrogen) atoms. The second-order valence-electron chi connectivity index (χ2n) is 8.89. The fourth-order valence-corrected chi connectivity index (χ4v) is 4.87. The molecular weight excluding hydrogens is 419 g/mol. The van der Waals surface area contributed by atoms with Crippen molar-refractivity contribution in [3.05, 3.63) is 77.4 Å². The first kappa shape index (κ1) is 21.4. The van der Waals surface area contributed by atoms with Crippen LogP contribution in [0, 0.1) is 5.82 Å². The van der Waals surface area contributed by atoms with E-state index in [1.165, 1.54) is 12.1 Å². The first-order valence-electron chi connectivity index (χ1n) is 11.5. The van der Waals surface area contributed by atoms with Crippen LogP contribution in [0.1, 0.15) is 54.1 Å². The Kier molecular flexibility index (Phi) is 5.48. The predicted octanol–water partition coefficient (Wildman–Crippen LogP) is 4.70. The molecule has 1 aliphatic carbocycles. The molecule has 5 rings (SSSR count). The van der Waals surface area contributed by atoms with Crippen LogP contribution in [-0.4, -0.2) is 28.1 Å². The summed E-state index contributed by atoms with van der Waals surface area (Å²) in [4.78, 5) is 28.3. The highest BCUT2D eigenvalue weighted by Gasteiger charge is 2.46. The maximum Gasteiger partial charge on any atom is 0.261 e. The molecule has 2 heterocycles. The maximum atomic E-state index is 13.3. The van der Waals surface area contributed by atoms with Gasteiger partial charge in [0, 0.05) is 30.7 Å². The molecule has 3 aromatic rings. The smallest absolute Gasteiger partial charge is 0.261 e. The van der Waals surface area contributed by atoms with E-state index in [4.69, 9.17) is 0 Å². The topological polar surface area (TPSA) is 67.2 Å². The number of carbonyl (C=O) groups excluding carboxylic acids is 2. The minimum Gasteiger partial charge on any atom is -0.325 e. The van der Waals surface area contributed by atoms with Crippen molar-refractivity contribution in [1.29, 1.82) is 0 Å². The largest absolute Gasteiger partial charge is 0.325 e. The number of halogens is 1. The van der Waals surface area contributed by atoms with E-state index in [1.807, 2.05) is 24.0 Å². The summed E-state index contributed by atoms with van der Waals surface area (Å²) in [5, 5.41) is 7.20.